The minimum absolute atomic E-state index is 0. The molecular weight excluding hydrogens is 345 g/mol. The van der Waals surface area contributed by atoms with Crippen LogP contribution in [0.3, 0.4) is 0 Å². The average molecular weight is 345 g/mol. The molecule has 0 atom stereocenters. The predicted octanol–water partition coefficient (Wildman–Crippen LogP) is -5.61. The summed E-state index contributed by atoms with van der Waals surface area (Å²) in [6.07, 6.45) is 0. The van der Waals surface area contributed by atoms with Crippen LogP contribution in [-0.2, 0) is 21.1 Å². The molecule has 0 saturated heterocycles. The van der Waals surface area contributed by atoms with Gasteiger partial charge in [-0.3, -0.25) is 0 Å². The smallest absolute Gasteiger partial charge is 0.512 e. The summed E-state index contributed by atoms with van der Waals surface area (Å²) in [4.78, 5) is 0. The van der Waals surface area contributed by atoms with Crippen LogP contribution in [0.25, 0.3) is 0 Å². The fourth-order valence-corrected chi connectivity index (χ4v) is 0. The Labute approximate surface area is 126 Å². The van der Waals surface area contributed by atoms with E-state index in [-0.39, 0.29) is 80.2 Å². The van der Waals surface area contributed by atoms with E-state index in [0.717, 1.165) is 0 Å². The summed E-state index contributed by atoms with van der Waals surface area (Å²) in [6.45, 7) is 19.0. The maximum Gasteiger partial charge on any atom is 2.00 e. The fraction of sp³-hybridized carbons (Fsp3) is 0. The van der Waals surface area contributed by atoms with Crippen molar-refractivity contribution in [1.29, 1.82) is 21.0 Å². The third-order valence-corrected chi connectivity index (χ3v) is 0. The Kier molecular flexibility index (Phi) is 13100. The van der Waals surface area contributed by atoms with Crippen molar-refractivity contribution < 1.29 is 80.2 Å². The Morgan fingerprint density at radius 2 is 0.455 bits per heavy atom. The van der Waals surface area contributed by atoms with Crippen LogP contribution >= 0.6 is 0 Å². The molecule has 48 valence electrons. The molecule has 0 aromatic heterocycles. The van der Waals surface area contributed by atoms with Crippen LogP contribution in [0.2, 0.25) is 0 Å². The first kappa shape index (κ1) is 61.1. The summed E-state index contributed by atoms with van der Waals surface area (Å²) in [7, 11) is 0. The monoisotopic (exact) mass is 345 g/mol. The summed E-state index contributed by atoms with van der Waals surface area (Å²) >= 11 is 0. The van der Waals surface area contributed by atoms with Gasteiger partial charge in [0.2, 0.25) is 0 Å². The summed E-state index contributed by atoms with van der Waals surface area (Å²) < 4.78 is 0. The zero-order valence-electron chi connectivity index (χ0n) is 6.11. The van der Waals surface area contributed by atoms with Crippen LogP contribution in [0.5, 0.6) is 0 Å². The molecule has 0 aliphatic carbocycles. The first-order valence-electron chi connectivity index (χ1n) is 0.894. The van der Waals surface area contributed by atoms with Crippen molar-refractivity contribution in [3.05, 3.63) is 26.3 Å². The quantitative estimate of drug-likeness (QED) is 0.323. The van der Waals surface area contributed by atoms with Crippen molar-refractivity contribution in [1.82, 2.24) is 0 Å². The maximum atomic E-state index is 6.25. The minimum Gasteiger partial charge on any atom is -0.512 e. The molecule has 0 N–H and O–H groups in total. The third-order valence-electron chi connectivity index (χ3n) is 0. The molecule has 0 heterocycles. The molecule has 0 spiro atoms. The topological polar surface area (TPSA) is 95.2 Å². The molecule has 4 nitrogen and oxygen atoms in total. The predicted molar refractivity (Wildman–Crippen MR) is 19.9 cm³/mol. The number of hydrogen-bond donors (Lipinski definition) is 0. The van der Waals surface area contributed by atoms with E-state index in [1.807, 2.05) is 0 Å². The Hall–Kier alpha value is 0.648. The van der Waals surface area contributed by atoms with Gasteiger partial charge in [0.25, 0.3) is 0 Å². The van der Waals surface area contributed by atoms with Gasteiger partial charge in [-0.1, -0.05) is 0 Å². The molecule has 0 rings (SSSR count). The maximum absolute atomic E-state index is 6.25. The normalized spacial score (nSPS) is 0.727. The zero-order chi connectivity index (χ0) is 8.00. The van der Waals surface area contributed by atoms with E-state index in [4.69, 9.17) is 47.3 Å². The van der Waals surface area contributed by atoms with E-state index in [0.29, 0.717) is 0 Å². The van der Waals surface area contributed by atoms with Gasteiger partial charge in [0.05, 0.1) is 0 Å². The van der Waals surface area contributed by atoms with E-state index in [2.05, 4.69) is 0 Å². The first-order valence-corrected chi connectivity index (χ1v) is 0.894. The molecule has 0 aliphatic heterocycles. The third kappa shape index (κ3) is 1890. The van der Waals surface area contributed by atoms with E-state index < -0.39 is 0 Å². The molecule has 0 fully saturated rings. The van der Waals surface area contributed by atoms with Crippen LogP contribution in [0.1, 0.15) is 0 Å². The first-order chi connectivity index (χ1) is 4.00. The fourth-order valence-electron chi connectivity index (χ4n) is 0. The summed E-state index contributed by atoms with van der Waals surface area (Å²) in [6, 6.07) is 0. The minimum atomic E-state index is 0. The molecule has 0 radical (unpaired) electrons. The van der Waals surface area contributed by atoms with Gasteiger partial charge in [-0.05, 0) is 0 Å². The second-order valence-corrected chi connectivity index (χ2v) is 0. The van der Waals surface area contributed by atoms with Crippen molar-refractivity contribution in [3.63, 3.8) is 0 Å². The average Bonchev–Trinajstić information content (AvgIpc) is 2.03. The second-order valence-electron chi connectivity index (χ2n) is 0. The van der Waals surface area contributed by atoms with Crippen LogP contribution in [-0.4, -0.2) is 0 Å². The van der Waals surface area contributed by atoms with E-state index in [1.54, 1.807) is 0 Å². The van der Waals surface area contributed by atoms with Gasteiger partial charge in [0, 0.05) is 0 Å². The van der Waals surface area contributed by atoms with Crippen LogP contribution in [0, 0.1) is 47.3 Å². The van der Waals surface area contributed by atoms with Crippen LogP contribution in [0.15, 0.2) is 0 Å². The Morgan fingerprint density at radius 1 is 0.455 bits per heavy atom. The summed E-state index contributed by atoms with van der Waals surface area (Å²) in [5.74, 6) is 0. The van der Waals surface area contributed by atoms with Gasteiger partial charge in [-0.25, -0.2) is 0 Å². The van der Waals surface area contributed by atoms with Gasteiger partial charge < -0.3 is 47.3 Å². The van der Waals surface area contributed by atoms with Gasteiger partial charge >= 0.3 is 80.2 Å². The van der Waals surface area contributed by atoms with E-state index in [1.165, 1.54) is 0 Å². The Bertz CT molecular complexity index is 63.1. The zero-order valence-corrected chi connectivity index (χ0v) is 12.4. The van der Waals surface area contributed by atoms with Gasteiger partial charge in [-0.15, -0.1) is 0 Å². The van der Waals surface area contributed by atoms with Gasteiger partial charge in [0.15, 0.2) is 0 Å². The SMILES string of the molecule is [C-]#N.[C-]#N.[C-]#N.[C-]#N.[Na+].[Na+].[Pt+2]. The van der Waals surface area contributed by atoms with E-state index in [9.17, 15) is 0 Å². The Morgan fingerprint density at radius 3 is 0.455 bits per heavy atom. The van der Waals surface area contributed by atoms with Crippen molar-refractivity contribution in [2.45, 2.75) is 0 Å². The largest absolute Gasteiger partial charge is 2.00 e. The molecule has 7 heteroatoms. The molecule has 0 saturated carbocycles. The number of nitrogens with zero attached hydrogens (tertiary/aromatic N) is 4. The van der Waals surface area contributed by atoms with Gasteiger partial charge in [0.1, 0.15) is 0 Å². The number of hydrogen-bond acceptors (Lipinski definition) is 4. The molecule has 0 amide bonds. The second kappa shape index (κ2) is 2360. The molecule has 0 unspecified atom stereocenters. The molecule has 0 aromatic carbocycles. The molecule has 11 heavy (non-hydrogen) atoms. The molecule has 0 bridgehead atoms. The van der Waals surface area contributed by atoms with Crippen molar-refractivity contribution in [2.24, 2.45) is 0 Å². The number of rotatable bonds is 0. The van der Waals surface area contributed by atoms with Crippen LogP contribution in [0.4, 0.5) is 0 Å². The van der Waals surface area contributed by atoms with Crippen molar-refractivity contribution >= 4 is 0 Å². The van der Waals surface area contributed by atoms with Crippen LogP contribution < -0.4 is 59.1 Å². The molecule has 0 aliphatic rings. The molecular formula is C4N4Na2Pt. The Balaban J connectivity index is -0.00000000356. The molecule has 0 aromatic rings. The van der Waals surface area contributed by atoms with Crippen molar-refractivity contribution in [2.75, 3.05) is 0 Å². The van der Waals surface area contributed by atoms with E-state index >= 15 is 0 Å². The van der Waals surface area contributed by atoms with Gasteiger partial charge in [-0.2, -0.15) is 0 Å². The standard InChI is InChI=1S/4CN.2Na.Pt/c4*1-2;;;/q4*-1;2*+1;+2. The summed E-state index contributed by atoms with van der Waals surface area (Å²) in [5.41, 5.74) is 0. The summed E-state index contributed by atoms with van der Waals surface area (Å²) in [5, 5.41) is 25.0. The van der Waals surface area contributed by atoms with Crippen molar-refractivity contribution in [3.8, 4) is 0 Å².